The Balaban J connectivity index is 1.01. The van der Waals surface area contributed by atoms with E-state index in [-0.39, 0.29) is 34.9 Å². The van der Waals surface area contributed by atoms with E-state index in [0.29, 0.717) is 44.8 Å². The number of fused-ring (bicyclic) bond motifs is 3. The van der Waals surface area contributed by atoms with Crippen molar-refractivity contribution in [2.24, 2.45) is 5.92 Å². The number of nitrogens with one attached hydrogen (secondary N) is 1. The lowest BCUT2D eigenvalue weighted by atomic mass is 9.86. The van der Waals surface area contributed by atoms with E-state index >= 15 is 0 Å². The highest BCUT2D eigenvalue weighted by Gasteiger charge is 2.37. The van der Waals surface area contributed by atoms with Crippen LogP contribution in [0.2, 0.25) is 10.0 Å². The fourth-order valence-corrected chi connectivity index (χ4v) is 7.79. The summed E-state index contributed by atoms with van der Waals surface area (Å²) in [7, 11) is 3.01. The maximum Gasteiger partial charge on any atom is 0.408 e. The van der Waals surface area contributed by atoms with E-state index in [1.54, 1.807) is 24.3 Å². The van der Waals surface area contributed by atoms with Gasteiger partial charge in [-0.1, -0.05) is 71.7 Å². The first-order valence-corrected chi connectivity index (χ1v) is 19.0. The third kappa shape index (κ3) is 9.15. The number of amides is 1. The molecule has 1 amide bonds. The molecular weight excluding hydrogens is 761 g/mol. The number of methoxy groups -OCH3 is 2. The van der Waals surface area contributed by atoms with Gasteiger partial charge in [-0.2, -0.15) is 4.73 Å². The molecule has 3 fully saturated rings. The first-order chi connectivity index (χ1) is 27.2. The van der Waals surface area contributed by atoms with Gasteiger partial charge in [0, 0.05) is 18.5 Å². The van der Waals surface area contributed by atoms with Crippen molar-refractivity contribution in [2.45, 2.75) is 44.1 Å². The molecule has 14 heteroatoms. The summed E-state index contributed by atoms with van der Waals surface area (Å²) in [6, 6.07) is 24.9. The van der Waals surface area contributed by atoms with Crippen LogP contribution in [-0.4, -0.2) is 56.9 Å². The summed E-state index contributed by atoms with van der Waals surface area (Å²) in [6.07, 6.45) is 3.06. The van der Waals surface area contributed by atoms with Gasteiger partial charge in [-0.05, 0) is 84.9 Å². The summed E-state index contributed by atoms with van der Waals surface area (Å²) in [5.41, 5.74) is 2.76. The lowest BCUT2D eigenvalue weighted by Gasteiger charge is -2.43. The van der Waals surface area contributed by atoms with Crippen LogP contribution >= 0.6 is 23.2 Å². The minimum Gasteiger partial charge on any atom is -0.619 e. The second kappa shape index (κ2) is 17.6. The number of rotatable bonds is 14. The maximum atomic E-state index is 13.5. The molecule has 3 saturated heterocycles. The zero-order valence-electron chi connectivity index (χ0n) is 30.8. The Kier molecular flexibility index (Phi) is 12.2. The lowest BCUT2D eigenvalue weighted by molar-refractivity contribution is -0.605. The number of hydrogen-bond donors (Lipinski definition) is 1. The van der Waals surface area contributed by atoms with Crippen LogP contribution in [-0.2, 0) is 22.5 Å². The van der Waals surface area contributed by atoms with Gasteiger partial charge < -0.3 is 38.6 Å². The van der Waals surface area contributed by atoms with Gasteiger partial charge in [0.25, 0.3) is 0 Å². The van der Waals surface area contributed by atoms with E-state index in [4.69, 9.17) is 51.3 Å². The molecule has 5 heterocycles. The Bertz CT molecular complexity index is 2120. The first-order valence-electron chi connectivity index (χ1n) is 18.2. The zero-order valence-corrected chi connectivity index (χ0v) is 32.3. The first kappa shape index (κ1) is 38.8. The van der Waals surface area contributed by atoms with Crippen molar-refractivity contribution in [3.63, 3.8) is 0 Å². The SMILES string of the molecule is COc1ccc([C@H](Cc2c(Cl)c[n+]([O-])cc2Cl)OC(=O)c2ccc(COc3ccc([C@H](NC(=O)O[C@H]4CN5CCC4CC5)c4ccccc4)cc3)o2)cc1OC. The van der Waals surface area contributed by atoms with E-state index in [1.807, 2.05) is 54.6 Å². The Morgan fingerprint density at radius 2 is 1.57 bits per heavy atom. The van der Waals surface area contributed by atoms with E-state index in [1.165, 1.54) is 32.7 Å². The van der Waals surface area contributed by atoms with Gasteiger partial charge in [0.1, 0.15) is 40.4 Å². The second-order valence-corrected chi connectivity index (χ2v) is 14.5. The van der Waals surface area contributed by atoms with Gasteiger partial charge in [0.15, 0.2) is 23.9 Å². The average Bonchev–Trinajstić information content (AvgIpc) is 3.70. The van der Waals surface area contributed by atoms with Crippen LogP contribution in [0.3, 0.4) is 0 Å². The molecule has 3 atom stereocenters. The summed E-state index contributed by atoms with van der Waals surface area (Å²) >= 11 is 12.8. The molecule has 2 bridgehead atoms. The molecule has 8 rings (SSSR count). The van der Waals surface area contributed by atoms with Crippen LogP contribution in [0.4, 0.5) is 4.79 Å². The Morgan fingerprint density at radius 3 is 2.23 bits per heavy atom. The van der Waals surface area contributed by atoms with Gasteiger partial charge in [0.05, 0.1) is 20.3 Å². The van der Waals surface area contributed by atoms with E-state index in [0.717, 1.165) is 43.6 Å². The summed E-state index contributed by atoms with van der Waals surface area (Å²) in [5, 5.41) is 15.2. The largest absolute Gasteiger partial charge is 0.619 e. The number of nitrogens with zero attached hydrogens (tertiary/aromatic N) is 2. The fourth-order valence-electron chi connectivity index (χ4n) is 7.19. The number of piperidine rings is 3. The van der Waals surface area contributed by atoms with Crippen molar-refractivity contribution in [3.05, 3.63) is 146 Å². The van der Waals surface area contributed by atoms with E-state index in [2.05, 4.69) is 10.2 Å². The fraction of sp³-hybridized carbons (Fsp3) is 0.310. The van der Waals surface area contributed by atoms with Crippen molar-refractivity contribution in [1.82, 2.24) is 10.2 Å². The van der Waals surface area contributed by atoms with Crippen LogP contribution in [0.25, 0.3) is 0 Å². The highest BCUT2D eigenvalue weighted by atomic mass is 35.5. The van der Waals surface area contributed by atoms with Crippen LogP contribution in [0, 0.1) is 11.1 Å². The van der Waals surface area contributed by atoms with E-state index < -0.39 is 24.2 Å². The molecule has 3 aliphatic heterocycles. The second-order valence-electron chi connectivity index (χ2n) is 13.7. The molecule has 292 valence electrons. The van der Waals surface area contributed by atoms with Crippen molar-refractivity contribution in [2.75, 3.05) is 33.9 Å². The van der Waals surface area contributed by atoms with Crippen LogP contribution in [0.15, 0.2) is 102 Å². The molecule has 12 nitrogen and oxygen atoms in total. The number of ether oxygens (including phenoxy) is 5. The van der Waals surface area contributed by atoms with Gasteiger partial charge in [-0.25, -0.2) is 9.59 Å². The number of pyridine rings is 1. The van der Waals surface area contributed by atoms with Gasteiger partial charge in [0.2, 0.25) is 5.76 Å². The van der Waals surface area contributed by atoms with Gasteiger partial charge in [-0.15, -0.1) is 0 Å². The Labute approximate surface area is 334 Å². The molecule has 0 spiro atoms. The van der Waals surface area contributed by atoms with Crippen LogP contribution < -0.4 is 24.3 Å². The van der Waals surface area contributed by atoms with Crippen molar-refractivity contribution < 1.29 is 42.4 Å². The number of carbonyl (C=O) groups excluding carboxylic acids is 2. The number of carbonyl (C=O) groups is 2. The standard InChI is InChI=1S/C42H41Cl2N3O9/c1-51-35-14-10-29(20-38(35)52-2)37(21-32-33(43)22-47(50)23-34(32)44)55-41(48)36-15-13-31(54-36)25-53-30-11-8-28(9-12-30)40(27-6-4-3-5-7-27)45-42(49)56-39-24-46-18-16-26(39)17-19-46/h3-15,20,22-23,26,37,39-40H,16-19,21,24-25H2,1-2H3,(H,45,49)/t37-,39-,40+/m0/s1. The molecule has 5 aromatic rings. The number of furan rings is 1. The Morgan fingerprint density at radius 1 is 0.893 bits per heavy atom. The maximum absolute atomic E-state index is 13.5. The molecule has 3 aliphatic rings. The quantitative estimate of drug-likeness (QED) is 0.0672. The molecular formula is C42H41Cl2N3O9. The molecule has 2 aromatic heterocycles. The summed E-state index contributed by atoms with van der Waals surface area (Å²) in [6.45, 7) is 2.94. The minimum atomic E-state index is -0.903. The molecule has 56 heavy (non-hydrogen) atoms. The number of esters is 1. The molecule has 0 aliphatic carbocycles. The van der Waals surface area contributed by atoms with E-state index in [9.17, 15) is 14.8 Å². The molecule has 3 aromatic carbocycles. The summed E-state index contributed by atoms with van der Waals surface area (Å²) in [4.78, 5) is 29.0. The van der Waals surface area contributed by atoms with Crippen LogP contribution in [0.5, 0.6) is 17.2 Å². The Hall–Kier alpha value is -5.43. The normalized spacial score (nSPS) is 18.4. The zero-order chi connectivity index (χ0) is 39.2. The van der Waals surface area contributed by atoms with Crippen LogP contribution in [0.1, 0.15) is 63.6 Å². The number of hydrogen-bond acceptors (Lipinski definition) is 10. The average molecular weight is 803 g/mol. The summed E-state index contributed by atoms with van der Waals surface area (Å²) in [5.74, 6) is 1.47. The van der Waals surface area contributed by atoms with Crippen molar-refractivity contribution in [1.29, 1.82) is 0 Å². The summed E-state index contributed by atoms with van der Waals surface area (Å²) < 4.78 is 35.1. The monoisotopic (exact) mass is 801 g/mol. The molecule has 0 unspecified atom stereocenters. The highest BCUT2D eigenvalue weighted by Crippen LogP contribution is 2.36. The number of benzene rings is 3. The number of alkyl carbamates (subject to hydrolysis) is 1. The third-order valence-corrected chi connectivity index (χ3v) is 10.8. The smallest absolute Gasteiger partial charge is 0.408 e. The third-order valence-electron chi connectivity index (χ3n) is 10.2. The molecule has 0 radical (unpaired) electrons. The van der Waals surface area contributed by atoms with Gasteiger partial charge >= 0.3 is 12.1 Å². The lowest BCUT2D eigenvalue weighted by Crippen LogP contribution is -2.52. The van der Waals surface area contributed by atoms with Crippen molar-refractivity contribution >= 4 is 35.3 Å². The molecule has 1 N–H and O–H groups in total. The number of halogens is 2. The van der Waals surface area contributed by atoms with Gasteiger partial charge in [-0.3, -0.25) is 4.90 Å². The topological polar surface area (TPSA) is 136 Å². The number of aromatic nitrogens is 1. The van der Waals surface area contributed by atoms with Crippen molar-refractivity contribution in [3.8, 4) is 17.2 Å². The predicted octanol–water partition coefficient (Wildman–Crippen LogP) is 7.87. The minimum absolute atomic E-state index is 0.0302. The molecule has 0 saturated carbocycles. The highest BCUT2D eigenvalue weighted by molar-refractivity contribution is 6.35. The predicted molar refractivity (Wildman–Crippen MR) is 207 cm³/mol.